The molecule has 0 spiro atoms. The second-order valence-corrected chi connectivity index (χ2v) is 13.7. The summed E-state index contributed by atoms with van der Waals surface area (Å²) in [5, 5.41) is 3.93. The Morgan fingerprint density at radius 2 is 1.61 bits per heavy atom. The number of Topliss-reactive ketones (excluding diaryl/α,β-unsaturated/α-hetero) is 1. The molecule has 1 aliphatic carbocycles. The Hall–Kier alpha value is -3.69. The van der Waals surface area contributed by atoms with Gasteiger partial charge in [0.05, 0.1) is 5.92 Å². The van der Waals surface area contributed by atoms with Crippen LogP contribution in [0.25, 0.3) is 11.1 Å². The molecule has 5 rings (SSSR count). The summed E-state index contributed by atoms with van der Waals surface area (Å²) in [6, 6.07) is 30.4. The molecule has 1 saturated carbocycles. The van der Waals surface area contributed by atoms with Crippen LogP contribution in [0, 0.1) is 12.3 Å². The topological polar surface area (TPSA) is 46.2 Å². The number of benzene rings is 4. The smallest absolute Gasteiger partial charge is 0.232 e. The van der Waals surface area contributed by atoms with E-state index in [4.69, 9.17) is 11.6 Å². The summed E-state index contributed by atoms with van der Waals surface area (Å²) < 4.78 is 0. The number of nitrogens with one attached hydrogen (secondary N) is 1. The number of anilines is 1. The third-order valence-electron chi connectivity index (χ3n) is 9.28. The molecule has 228 valence electrons. The Morgan fingerprint density at radius 1 is 0.909 bits per heavy atom. The van der Waals surface area contributed by atoms with Crippen molar-refractivity contribution in [3.05, 3.63) is 124 Å². The fourth-order valence-electron chi connectivity index (χ4n) is 6.47. The average molecular weight is 606 g/mol. The maximum atomic E-state index is 14.0. The molecule has 44 heavy (non-hydrogen) atoms. The zero-order chi connectivity index (χ0) is 31.3. The van der Waals surface area contributed by atoms with Crippen molar-refractivity contribution < 1.29 is 9.59 Å². The second-order valence-electron chi connectivity index (χ2n) is 13.3. The van der Waals surface area contributed by atoms with Crippen molar-refractivity contribution in [2.75, 3.05) is 5.32 Å². The number of aryl methyl sites for hydroxylation is 1. The van der Waals surface area contributed by atoms with Crippen molar-refractivity contribution in [3.63, 3.8) is 0 Å². The monoisotopic (exact) mass is 605 g/mol. The highest BCUT2D eigenvalue weighted by atomic mass is 35.5. The summed E-state index contributed by atoms with van der Waals surface area (Å²) >= 11 is 6.16. The first-order valence-corrected chi connectivity index (χ1v) is 16.4. The van der Waals surface area contributed by atoms with Gasteiger partial charge in [-0.05, 0) is 114 Å². The molecule has 0 aromatic heterocycles. The Labute approximate surface area is 268 Å². The van der Waals surface area contributed by atoms with E-state index in [1.807, 2.05) is 73.7 Å². The van der Waals surface area contributed by atoms with Gasteiger partial charge in [-0.25, -0.2) is 0 Å². The van der Waals surface area contributed by atoms with E-state index in [1.54, 1.807) is 0 Å². The molecule has 4 aromatic rings. The van der Waals surface area contributed by atoms with Crippen LogP contribution in [-0.2, 0) is 11.2 Å². The first kappa shape index (κ1) is 31.7. The molecule has 0 saturated heterocycles. The highest BCUT2D eigenvalue weighted by Gasteiger charge is 2.29. The van der Waals surface area contributed by atoms with Gasteiger partial charge in [-0.1, -0.05) is 99.1 Å². The lowest BCUT2D eigenvalue weighted by Crippen LogP contribution is -2.24. The van der Waals surface area contributed by atoms with Crippen LogP contribution < -0.4 is 5.32 Å². The maximum Gasteiger partial charge on any atom is 0.232 e. The summed E-state index contributed by atoms with van der Waals surface area (Å²) in [6.45, 7) is 8.80. The number of halogens is 1. The minimum absolute atomic E-state index is 0.0338. The average Bonchev–Trinajstić information content (AvgIpc) is 3.01. The van der Waals surface area contributed by atoms with Crippen molar-refractivity contribution in [2.45, 2.75) is 84.5 Å². The molecule has 1 atom stereocenters. The zero-order valence-electron chi connectivity index (χ0n) is 26.5. The Kier molecular flexibility index (Phi) is 10.1. The van der Waals surface area contributed by atoms with E-state index in [1.165, 1.54) is 31.2 Å². The number of hydrogen-bond acceptors (Lipinski definition) is 2. The molecule has 1 amide bonds. The van der Waals surface area contributed by atoms with Crippen molar-refractivity contribution in [2.24, 2.45) is 5.41 Å². The Balaban J connectivity index is 1.39. The molecule has 4 aromatic carbocycles. The van der Waals surface area contributed by atoms with E-state index in [9.17, 15) is 9.59 Å². The van der Waals surface area contributed by atoms with Crippen molar-refractivity contribution >= 4 is 29.0 Å². The van der Waals surface area contributed by atoms with E-state index in [0.29, 0.717) is 24.2 Å². The number of amides is 1. The van der Waals surface area contributed by atoms with Crippen LogP contribution in [0.1, 0.15) is 104 Å². The molecule has 0 heterocycles. The van der Waals surface area contributed by atoms with Crippen LogP contribution >= 0.6 is 11.6 Å². The lowest BCUT2D eigenvalue weighted by Gasteiger charge is -2.34. The molecule has 3 nitrogen and oxygen atoms in total. The van der Waals surface area contributed by atoms with E-state index in [2.05, 4.69) is 50.4 Å². The fraction of sp³-hybridized carbons (Fsp3) is 0.350. The molecule has 0 bridgehead atoms. The highest BCUT2D eigenvalue weighted by Crippen LogP contribution is 2.43. The standard InChI is InChI=1S/C40H44ClNO2/c1-5-7-38(43)31-12-10-28(11-13-31)25-37(33-9-6-8-32(26-33)29-20-22-40(3,4)23-21-29)39(44)42-35-17-14-30(15-18-35)36-19-16-34(41)24-27(36)2/h6,8-19,24,26,29,37H,5,7,20-23,25H2,1-4H3,(H,42,44)/t37-/m0/s1. The minimum atomic E-state index is -0.370. The van der Waals surface area contributed by atoms with Gasteiger partial charge in [0.2, 0.25) is 5.91 Å². The lowest BCUT2D eigenvalue weighted by atomic mass is 9.71. The van der Waals surface area contributed by atoms with Crippen molar-refractivity contribution in [3.8, 4) is 11.1 Å². The predicted molar refractivity (Wildman–Crippen MR) is 184 cm³/mol. The zero-order valence-corrected chi connectivity index (χ0v) is 27.2. The van der Waals surface area contributed by atoms with Gasteiger partial charge in [0.25, 0.3) is 0 Å². The van der Waals surface area contributed by atoms with Gasteiger partial charge in [-0.15, -0.1) is 0 Å². The number of ketones is 1. The van der Waals surface area contributed by atoms with Gasteiger partial charge in [0.15, 0.2) is 5.78 Å². The van der Waals surface area contributed by atoms with E-state index in [-0.39, 0.29) is 17.6 Å². The van der Waals surface area contributed by atoms with Crippen molar-refractivity contribution in [1.29, 1.82) is 0 Å². The second kappa shape index (κ2) is 13.9. The molecule has 0 aliphatic heterocycles. The lowest BCUT2D eigenvalue weighted by molar-refractivity contribution is -0.117. The molecular formula is C40H44ClNO2. The number of carbonyl (C=O) groups excluding carboxylic acids is 2. The molecule has 0 radical (unpaired) electrons. The van der Waals surface area contributed by atoms with E-state index >= 15 is 0 Å². The van der Waals surface area contributed by atoms with Crippen molar-refractivity contribution in [1.82, 2.24) is 0 Å². The van der Waals surface area contributed by atoms with Gasteiger partial charge in [-0.2, -0.15) is 0 Å². The minimum Gasteiger partial charge on any atom is -0.326 e. The van der Waals surface area contributed by atoms with Gasteiger partial charge < -0.3 is 5.32 Å². The fourth-order valence-corrected chi connectivity index (χ4v) is 6.70. The number of hydrogen-bond donors (Lipinski definition) is 1. The van der Waals surface area contributed by atoms with Crippen LogP contribution in [0.4, 0.5) is 5.69 Å². The molecule has 4 heteroatoms. The molecular weight excluding hydrogens is 562 g/mol. The van der Waals surface area contributed by atoms with Crippen LogP contribution in [0.3, 0.4) is 0 Å². The number of rotatable bonds is 10. The van der Waals surface area contributed by atoms with Crippen LogP contribution in [0.15, 0.2) is 91.0 Å². The van der Waals surface area contributed by atoms with E-state index in [0.717, 1.165) is 50.5 Å². The quantitative estimate of drug-likeness (QED) is 0.183. The van der Waals surface area contributed by atoms with Crippen LogP contribution in [0.5, 0.6) is 0 Å². The first-order chi connectivity index (χ1) is 21.1. The molecule has 1 aliphatic rings. The summed E-state index contributed by atoms with van der Waals surface area (Å²) in [7, 11) is 0. The largest absolute Gasteiger partial charge is 0.326 e. The van der Waals surface area contributed by atoms with Gasteiger partial charge >= 0.3 is 0 Å². The summed E-state index contributed by atoms with van der Waals surface area (Å²) in [5.41, 5.74) is 8.61. The molecule has 1 N–H and O–H groups in total. The third-order valence-corrected chi connectivity index (χ3v) is 9.52. The van der Waals surface area contributed by atoms with E-state index < -0.39 is 0 Å². The highest BCUT2D eigenvalue weighted by molar-refractivity contribution is 6.30. The third kappa shape index (κ3) is 7.87. The maximum absolute atomic E-state index is 14.0. The first-order valence-electron chi connectivity index (χ1n) is 16.0. The van der Waals surface area contributed by atoms with Gasteiger partial charge in [0, 0.05) is 22.7 Å². The van der Waals surface area contributed by atoms with Gasteiger partial charge in [-0.3, -0.25) is 9.59 Å². The Bertz CT molecular complexity index is 1590. The Morgan fingerprint density at radius 3 is 2.27 bits per heavy atom. The molecule has 0 unspecified atom stereocenters. The SMILES string of the molecule is CCCC(=O)c1ccc(C[C@H](C(=O)Nc2ccc(-c3ccc(Cl)cc3C)cc2)c2cccc(C3CCC(C)(C)CC3)c2)cc1. The van der Waals surface area contributed by atoms with Gasteiger partial charge in [0.1, 0.15) is 0 Å². The van der Waals surface area contributed by atoms with Crippen LogP contribution in [0.2, 0.25) is 5.02 Å². The normalized spacial score (nSPS) is 15.5. The summed E-state index contributed by atoms with van der Waals surface area (Å²) in [4.78, 5) is 26.4. The predicted octanol–water partition coefficient (Wildman–Crippen LogP) is 10.9. The summed E-state index contributed by atoms with van der Waals surface area (Å²) in [6.07, 6.45) is 6.74. The van der Waals surface area contributed by atoms with Crippen LogP contribution in [-0.4, -0.2) is 11.7 Å². The molecule has 1 fully saturated rings. The number of carbonyl (C=O) groups is 2. The summed E-state index contributed by atoms with van der Waals surface area (Å²) in [5.74, 6) is 0.284.